The predicted octanol–water partition coefficient (Wildman–Crippen LogP) is 4.29. The third kappa shape index (κ3) is 5.29. The van der Waals surface area contributed by atoms with Crippen LogP contribution < -0.4 is 10.6 Å². The number of aliphatic carboxylic acids is 1. The van der Waals surface area contributed by atoms with E-state index in [4.69, 9.17) is 16.7 Å². The summed E-state index contributed by atoms with van der Waals surface area (Å²) in [6, 6.07) is 14.7. The fourth-order valence-electron chi connectivity index (χ4n) is 2.35. The van der Waals surface area contributed by atoms with Gasteiger partial charge in [-0.3, -0.25) is 14.9 Å². The van der Waals surface area contributed by atoms with Gasteiger partial charge in [-0.25, -0.2) is 4.98 Å². The molecule has 0 atom stereocenters. The Hall–Kier alpha value is -2.90. The highest BCUT2D eigenvalue weighted by Gasteiger charge is 2.11. The molecule has 138 valence electrons. The number of halogens is 1. The number of para-hydroxylation sites is 1. The van der Waals surface area contributed by atoms with Crippen molar-refractivity contribution in [1.82, 2.24) is 4.98 Å². The van der Waals surface area contributed by atoms with E-state index in [0.717, 1.165) is 11.3 Å². The third-order valence-electron chi connectivity index (χ3n) is 3.68. The lowest BCUT2D eigenvalue weighted by Crippen LogP contribution is -2.12. The van der Waals surface area contributed by atoms with Gasteiger partial charge in [0, 0.05) is 17.5 Å². The maximum atomic E-state index is 12.3. The van der Waals surface area contributed by atoms with Crippen molar-refractivity contribution in [3.8, 4) is 0 Å². The highest BCUT2D eigenvalue weighted by Crippen LogP contribution is 2.21. The molecule has 6 nitrogen and oxygen atoms in total. The largest absolute Gasteiger partial charge is 0.481 e. The predicted molar refractivity (Wildman–Crippen MR) is 107 cm³/mol. The van der Waals surface area contributed by atoms with Crippen molar-refractivity contribution in [1.29, 1.82) is 0 Å². The Morgan fingerprint density at radius 1 is 1.11 bits per heavy atom. The number of hydrogen-bond acceptors (Lipinski definition) is 5. The molecule has 27 heavy (non-hydrogen) atoms. The van der Waals surface area contributed by atoms with Crippen LogP contribution in [0.4, 0.5) is 10.8 Å². The van der Waals surface area contributed by atoms with Gasteiger partial charge in [-0.05, 0) is 29.8 Å². The summed E-state index contributed by atoms with van der Waals surface area (Å²) in [5.41, 5.74) is 2.77. The molecule has 0 aliphatic heterocycles. The van der Waals surface area contributed by atoms with Gasteiger partial charge in [0.25, 0.3) is 5.91 Å². The van der Waals surface area contributed by atoms with Gasteiger partial charge < -0.3 is 10.4 Å². The van der Waals surface area contributed by atoms with Crippen LogP contribution in [0.2, 0.25) is 5.02 Å². The van der Waals surface area contributed by atoms with E-state index < -0.39 is 5.97 Å². The number of hydrogen-bond donors (Lipinski definition) is 3. The molecule has 1 heterocycles. The quantitative estimate of drug-likeness (QED) is 0.549. The van der Waals surface area contributed by atoms with E-state index in [-0.39, 0.29) is 12.3 Å². The molecule has 0 spiro atoms. The second-order valence-corrected chi connectivity index (χ2v) is 6.96. The highest BCUT2D eigenvalue weighted by atomic mass is 35.5. The van der Waals surface area contributed by atoms with Crippen molar-refractivity contribution < 1.29 is 14.7 Å². The van der Waals surface area contributed by atoms with Crippen LogP contribution in [0, 0.1) is 0 Å². The number of benzene rings is 2. The second kappa shape index (κ2) is 8.66. The molecule has 1 amide bonds. The zero-order valence-electron chi connectivity index (χ0n) is 14.1. The van der Waals surface area contributed by atoms with Crippen LogP contribution in [0.15, 0.2) is 53.9 Å². The summed E-state index contributed by atoms with van der Waals surface area (Å²) in [5, 5.41) is 17.3. The fraction of sp³-hybridized carbons (Fsp3) is 0.105. The van der Waals surface area contributed by atoms with Crippen LogP contribution in [0.5, 0.6) is 0 Å². The molecule has 0 saturated heterocycles. The SMILES string of the molecule is O=C(O)Cc1csc(NC(=O)c2ccc(CNc3ccccc3Cl)cc2)n1. The lowest BCUT2D eigenvalue weighted by Gasteiger charge is -2.09. The summed E-state index contributed by atoms with van der Waals surface area (Å²) in [7, 11) is 0. The summed E-state index contributed by atoms with van der Waals surface area (Å²) in [5.74, 6) is -1.25. The molecule has 3 aromatic rings. The van der Waals surface area contributed by atoms with Gasteiger partial charge >= 0.3 is 5.97 Å². The average Bonchev–Trinajstić information content (AvgIpc) is 3.07. The molecule has 8 heteroatoms. The standard InChI is InChI=1S/C19H16ClN3O3S/c20-15-3-1-2-4-16(15)21-10-12-5-7-13(8-6-12)18(26)23-19-22-14(11-27-19)9-17(24)25/h1-8,11,21H,9-10H2,(H,24,25)(H,22,23,26). The number of amides is 1. The number of anilines is 2. The van der Waals surface area contributed by atoms with Crippen LogP contribution in [0.25, 0.3) is 0 Å². The molecular formula is C19H16ClN3O3S. The molecule has 0 aliphatic rings. The number of nitrogens with zero attached hydrogens (tertiary/aromatic N) is 1. The highest BCUT2D eigenvalue weighted by molar-refractivity contribution is 7.14. The maximum Gasteiger partial charge on any atom is 0.309 e. The minimum Gasteiger partial charge on any atom is -0.481 e. The second-order valence-electron chi connectivity index (χ2n) is 5.70. The molecule has 2 aromatic carbocycles. The van der Waals surface area contributed by atoms with Crippen LogP contribution in [-0.4, -0.2) is 22.0 Å². The summed E-state index contributed by atoms with van der Waals surface area (Å²) < 4.78 is 0. The van der Waals surface area contributed by atoms with Crippen molar-refractivity contribution in [3.05, 3.63) is 75.8 Å². The lowest BCUT2D eigenvalue weighted by atomic mass is 10.1. The molecule has 0 radical (unpaired) electrons. The number of nitrogens with one attached hydrogen (secondary N) is 2. The van der Waals surface area contributed by atoms with E-state index in [1.165, 1.54) is 11.3 Å². The first-order chi connectivity index (χ1) is 13.0. The Balaban J connectivity index is 1.58. The number of aromatic nitrogens is 1. The van der Waals surface area contributed by atoms with E-state index in [1.54, 1.807) is 17.5 Å². The van der Waals surface area contributed by atoms with E-state index in [2.05, 4.69) is 15.6 Å². The maximum absolute atomic E-state index is 12.3. The molecule has 0 unspecified atom stereocenters. The molecule has 0 bridgehead atoms. The van der Waals surface area contributed by atoms with Crippen LogP contribution in [0.3, 0.4) is 0 Å². The van der Waals surface area contributed by atoms with Gasteiger partial charge in [0.1, 0.15) is 0 Å². The summed E-state index contributed by atoms with van der Waals surface area (Å²) in [6.07, 6.45) is -0.167. The Labute approximate surface area is 164 Å². The van der Waals surface area contributed by atoms with E-state index >= 15 is 0 Å². The first-order valence-corrected chi connectivity index (χ1v) is 9.32. The Morgan fingerprint density at radius 3 is 2.56 bits per heavy atom. The minimum absolute atomic E-state index is 0.167. The molecule has 3 rings (SSSR count). The monoisotopic (exact) mass is 401 g/mol. The van der Waals surface area contributed by atoms with E-state index in [0.29, 0.717) is 28.0 Å². The molecule has 1 aromatic heterocycles. The Morgan fingerprint density at radius 2 is 1.85 bits per heavy atom. The molecular weight excluding hydrogens is 386 g/mol. The van der Waals surface area contributed by atoms with Crippen molar-refractivity contribution in [3.63, 3.8) is 0 Å². The summed E-state index contributed by atoms with van der Waals surface area (Å²) in [4.78, 5) is 27.1. The number of thiazole rings is 1. The minimum atomic E-state index is -0.959. The van der Waals surface area contributed by atoms with E-state index in [1.807, 2.05) is 36.4 Å². The smallest absolute Gasteiger partial charge is 0.309 e. The lowest BCUT2D eigenvalue weighted by molar-refractivity contribution is -0.136. The normalized spacial score (nSPS) is 10.4. The van der Waals surface area contributed by atoms with Crippen molar-refractivity contribution in [2.75, 3.05) is 10.6 Å². The zero-order chi connectivity index (χ0) is 19.2. The van der Waals surface area contributed by atoms with Gasteiger partial charge in [0.2, 0.25) is 0 Å². The molecule has 0 aliphatic carbocycles. The average molecular weight is 402 g/mol. The number of carbonyl (C=O) groups excluding carboxylic acids is 1. The molecule has 0 fully saturated rings. The van der Waals surface area contributed by atoms with Gasteiger partial charge in [-0.2, -0.15) is 0 Å². The number of carboxylic acid groups (broad SMARTS) is 1. The van der Waals surface area contributed by atoms with Crippen LogP contribution >= 0.6 is 22.9 Å². The molecule has 0 saturated carbocycles. The van der Waals surface area contributed by atoms with Crippen LogP contribution in [-0.2, 0) is 17.8 Å². The van der Waals surface area contributed by atoms with Crippen molar-refractivity contribution in [2.45, 2.75) is 13.0 Å². The van der Waals surface area contributed by atoms with Gasteiger partial charge in [-0.1, -0.05) is 35.9 Å². The van der Waals surface area contributed by atoms with Crippen molar-refractivity contribution in [2.24, 2.45) is 0 Å². The number of rotatable bonds is 7. The molecule has 3 N–H and O–H groups in total. The fourth-order valence-corrected chi connectivity index (χ4v) is 3.25. The first kappa shape index (κ1) is 18.9. The van der Waals surface area contributed by atoms with Crippen LogP contribution in [0.1, 0.15) is 21.6 Å². The first-order valence-electron chi connectivity index (χ1n) is 8.06. The third-order valence-corrected chi connectivity index (χ3v) is 4.81. The van der Waals surface area contributed by atoms with Gasteiger partial charge in [0.05, 0.1) is 22.8 Å². The zero-order valence-corrected chi connectivity index (χ0v) is 15.7. The number of carboxylic acids is 1. The summed E-state index contributed by atoms with van der Waals surface area (Å²) in [6.45, 7) is 0.580. The number of carbonyl (C=O) groups is 2. The summed E-state index contributed by atoms with van der Waals surface area (Å²) >= 11 is 7.31. The van der Waals surface area contributed by atoms with E-state index in [9.17, 15) is 9.59 Å². The topological polar surface area (TPSA) is 91.3 Å². The Kier molecular flexibility index (Phi) is 6.05. The Bertz CT molecular complexity index is 957. The van der Waals surface area contributed by atoms with Gasteiger partial charge in [0.15, 0.2) is 5.13 Å². The van der Waals surface area contributed by atoms with Crippen molar-refractivity contribution >= 4 is 45.6 Å². The van der Waals surface area contributed by atoms with Gasteiger partial charge in [-0.15, -0.1) is 11.3 Å².